The summed E-state index contributed by atoms with van der Waals surface area (Å²) in [6.07, 6.45) is 1.04. The van der Waals surface area contributed by atoms with Gasteiger partial charge in [0.1, 0.15) is 23.9 Å². The highest BCUT2D eigenvalue weighted by Gasteiger charge is 2.02. The van der Waals surface area contributed by atoms with Crippen molar-refractivity contribution >= 4 is 5.82 Å². The van der Waals surface area contributed by atoms with Crippen LogP contribution in [0.5, 0.6) is 5.75 Å². The van der Waals surface area contributed by atoms with Crippen molar-refractivity contribution in [2.75, 3.05) is 5.73 Å². The van der Waals surface area contributed by atoms with Gasteiger partial charge in [-0.3, -0.25) is 4.68 Å². The summed E-state index contributed by atoms with van der Waals surface area (Å²) >= 11 is 0. The monoisotopic (exact) mass is 231 g/mol. The fourth-order valence-electron chi connectivity index (χ4n) is 1.59. The molecule has 0 saturated heterocycles. The molecular weight excluding hydrogens is 214 g/mol. The van der Waals surface area contributed by atoms with Crippen LogP contribution >= 0.6 is 0 Å². The number of benzene rings is 1. The molecule has 0 saturated carbocycles. The molecule has 0 radical (unpaired) electrons. The summed E-state index contributed by atoms with van der Waals surface area (Å²) in [4.78, 5) is 0. The van der Waals surface area contributed by atoms with E-state index in [0.29, 0.717) is 12.4 Å². The van der Waals surface area contributed by atoms with E-state index in [9.17, 15) is 0 Å². The average molecular weight is 231 g/mol. The van der Waals surface area contributed by atoms with E-state index < -0.39 is 0 Å². The second-order valence-corrected chi connectivity index (χ2v) is 3.97. The maximum atomic E-state index is 5.69. The van der Waals surface area contributed by atoms with Crippen molar-refractivity contribution in [3.8, 4) is 5.75 Å². The summed E-state index contributed by atoms with van der Waals surface area (Å²) in [7, 11) is 1.81. The summed E-state index contributed by atoms with van der Waals surface area (Å²) in [6.45, 7) is 2.57. The first-order valence-electron chi connectivity index (χ1n) is 5.69. The van der Waals surface area contributed by atoms with E-state index in [2.05, 4.69) is 24.2 Å². The Kier molecular flexibility index (Phi) is 3.32. The van der Waals surface area contributed by atoms with Crippen LogP contribution in [0.1, 0.15) is 18.2 Å². The zero-order valence-corrected chi connectivity index (χ0v) is 10.2. The lowest BCUT2D eigenvalue weighted by Crippen LogP contribution is -1.99. The summed E-state index contributed by atoms with van der Waals surface area (Å²) in [5, 5.41) is 4.23. The van der Waals surface area contributed by atoms with Gasteiger partial charge in [-0.1, -0.05) is 19.1 Å². The first-order valence-corrected chi connectivity index (χ1v) is 5.69. The van der Waals surface area contributed by atoms with Crippen molar-refractivity contribution in [1.29, 1.82) is 0 Å². The largest absolute Gasteiger partial charge is 0.487 e. The Balaban J connectivity index is 1.97. The first kappa shape index (κ1) is 11.5. The van der Waals surface area contributed by atoms with E-state index in [-0.39, 0.29) is 0 Å². The molecule has 0 aliphatic heterocycles. The van der Waals surface area contributed by atoms with Crippen molar-refractivity contribution in [2.24, 2.45) is 7.05 Å². The van der Waals surface area contributed by atoms with Crippen LogP contribution in [0, 0.1) is 0 Å². The minimum atomic E-state index is 0.441. The highest BCUT2D eigenvalue weighted by atomic mass is 16.5. The summed E-state index contributed by atoms with van der Waals surface area (Å²) in [5.41, 5.74) is 7.83. The van der Waals surface area contributed by atoms with Crippen molar-refractivity contribution < 1.29 is 4.74 Å². The zero-order chi connectivity index (χ0) is 12.3. The predicted octanol–water partition coefficient (Wildman–Crippen LogP) is 2.14. The number of nitrogens with zero attached hydrogens (tertiary/aromatic N) is 2. The van der Waals surface area contributed by atoms with Gasteiger partial charge in [0, 0.05) is 13.1 Å². The molecule has 17 heavy (non-hydrogen) atoms. The van der Waals surface area contributed by atoms with Crippen LogP contribution in [-0.4, -0.2) is 9.78 Å². The van der Waals surface area contributed by atoms with Gasteiger partial charge in [0.05, 0.1) is 0 Å². The summed E-state index contributed by atoms with van der Waals surface area (Å²) < 4.78 is 7.27. The molecule has 0 fully saturated rings. The highest BCUT2D eigenvalue weighted by molar-refractivity contribution is 5.31. The summed E-state index contributed by atoms with van der Waals surface area (Å²) in [6, 6.07) is 9.92. The topological polar surface area (TPSA) is 53.1 Å². The molecule has 1 aromatic heterocycles. The van der Waals surface area contributed by atoms with Gasteiger partial charge in [0.2, 0.25) is 0 Å². The molecule has 0 amide bonds. The molecule has 0 aliphatic carbocycles. The molecule has 0 unspecified atom stereocenters. The van der Waals surface area contributed by atoms with Crippen LogP contribution in [0.3, 0.4) is 0 Å². The number of hydrogen-bond donors (Lipinski definition) is 1. The number of aryl methyl sites for hydroxylation is 2. The fourth-order valence-corrected chi connectivity index (χ4v) is 1.59. The lowest BCUT2D eigenvalue weighted by Gasteiger charge is -2.04. The zero-order valence-electron chi connectivity index (χ0n) is 10.2. The van der Waals surface area contributed by atoms with Crippen LogP contribution in [-0.2, 0) is 20.1 Å². The molecule has 4 heteroatoms. The second kappa shape index (κ2) is 4.91. The van der Waals surface area contributed by atoms with Crippen LogP contribution in [0.25, 0.3) is 0 Å². The number of nitrogens with two attached hydrogens (primary N) is 1. The van der Waals surface area contributed by atoms with Crippen LogP contribution in [0.2, 0.25) is 0 Å². The summed E-state index contributed by atoms with van der Waals surface area (Å²) in [5.74, 6) is 1.50. The molecule has 90 valence electrons. The lowest BCUT2D eigenvalue weighted by atomic mass is 10.2. The first-order chi connectivity index (χ1) is 8.19. The van der Waals surface area contributed by atoms with Gasteiger partial charge in [-0.25, -0.2) is 0 Å². The molecular formula is C13H17N3O. The van der Waals surface area contributed by atoms with Crippen LogP contribution < -0.4 is 10.5 Å². The van der Waals surface area contributed by atoms with Gasteiger partial charge < -0.3 is 10.5 Å². The van der Waals surface area contributed by atoms with Crippen molar-refractivity contribution in [2.45, 2.75) is 20.0 Å². The lowest BCUT2D eigenvalue weighted by molar-refractivity contribution is 0.300. The number of hydrogen-bond acceptors (Lipinski definition) is 3. The molecule has 0 atom stereocenters. The molecule has 0 bridgehead atoms. The minimum absolute atomic E-state index is 0.441. The third-order valence-electron chi connectivity index (χ3n) is 2.68. The average Bonchev–Trinajstić information content (AvgIpc) is 2.67. The quantitative estimate of drug-likeness (QED) is 0.877. The van der Waals surface area contributed by atoms with E-state index >= 15 is 0 Å². The Bertz CT molecular complexity index is 468. The van der Waals surface area contributed by atoms with E-state index in [1.54, 1.807) is 4.68 Å². The standard InChI is InChI=1S/C13H17N3O/c1-3-10-4-6-12(7-5-10)17-9-11-8-13(14)16(2)15-11/h4-8H,3,9,14H2,1-2H3. The number of aromatic nitrogens is 2. The SMILES string of the molecule is CCc1ccc(OCc2cc(N)n(C)n2)cc1. The molecule has 4 nitrogen and oxygen atoms in total. The third-order valence-corrected chi connectivity index (χ3v) is 2.68. The third kappa shape index (κ3) is 2.78. The highest BCUT2D eigenvalue weighted by Crippen LogP contribution is 2.14. The molecule has 2 aromatic rings. The Morgan fingerprint density at radius 1 is 1.29 bits per heavy atom. The molecule has 2 rings (SSSR count). The Labute approximate surface area is 101 Å². The molecule has 1 heterocycles. The van der Waals surface area contributed by atoms with Crippen LogP contribution in [0.15, 0.2) is 30.3 Å². The van der Waals surface area contributed by atoms with E-state index in [1.807, 2.05) is 25.2 Å². The predicted molar refractivity (Wildman–Crippen MR) is 67.8 cm³/mol. The molecule has 2 N–H and O–H groups in total. The Morgan fingerprint density at radius 2 is 2.00 bits per heavy atom. The maximum absolute atomic E-state index is 5.69. The Morgan fingerprint density at radius 3 is 2.53 bits per heavy atom. The van der Waals surface area contributed by atoms with Gasteiger partial charge in [0.15, 0.2) is 0 Å². The van der Waals surface area contributed by atoms with Gasteiger partial charge in [-0.2, -0.15) is 5.10 Å². The Hall–Kier alpha value is -1.97. The van der Waals surface area contributed by atoms with Gasteiger partial charge >= 0.3 is 0 Å². The molecule has 1 aromatic carbocycles. The fraction of sp³-hybridized carbons (Fsp3) is 0.308. The molecule has 0 aliphatic rings. The number of nitrogen functional groups attached to an aromatic ring is 1. The normalized spacial score (nSPS) is 10.5. The molecule has 0 spiro atoms. The number of ether oxygens (including phenoxy) is 1. The number of rotatable bonds is 4. The van der Waals surface area contributed by atoms with E-state index in [1.165, 1.54) is 5.56 Å². The maximum Gasteiger partial charge on any atom is 0.132 e. The van der Waals surface area contributed by atoms with Crippen LogP contribution in [0.4, 0.5) is 5.82 Å². The van der Waals surface area contributed by atoms with Crippen molar-refractivity contribution in [1.82, 2.24) is 9.78 Å². The number of anilines is 1. The van der Waals surface area contributed by atoms with Gasteiger partial charge in [-0.05, 0) is 24.1 Å². The van der Waals surface area contributed by atoms with E-state index in [4.69, 9.17) is 10.5 Å². The second-order valence-electron chi connectivity index (χ2n) is 3.97. The smallest absolute Gasteiger partial charge is 0.132 e. The van der Waals surface area contributed by atoms with Crippen molar-refractivity contribution in [3.63, 3.8) is 0 Å². The van der Waals surface area contributed by atoms with Crippen molar-refractivity contribution in [3.05, 3.63) is 41.6 Å². The van der Waals surface area contributed by atoms with Gasteiger partial charge in [-0.15, -0.1) is 0 Å². The minimum Gasteiger partial charge on any atom is -0.487 e. The van der Waals surface area contributed by atoms with E-state index in [0.717, 1.165) is 17.9 Å². The van der Waals surface area contributed by atoms with Gasteiger partial charge in [0.25, 0.3) is 0 Å².